The van der Waals surface area contributed by atoms with Gasteiger partial charge >= 0.3 is 0 Å². The number of fused-ring (bicyclic) bond motifs is 1. The number of furan rings is 1. The Morgan fingerprint density at radius 2 is 2.10 bits per heavy atom. The summed E-state index contributed by atoms with van der Waals surface area (Å²) in [7, 11) is 0. The third kappa shape index (κ3) is 3.01. The highest BCUT2D eigenvalue weighted by molar-refractivity contribution is 7.09. The molecular formula is C17H20N2OS. The second kappa shape index (κ2) is 6.00. The van der Waals surface area contributed by atoms with Gasteiger partial charge in [0.15, 0.2) is 0 Å². The Balaban J connectivity index is 1.66. The highest BCUT2D eigenvalue weighted by Gasteiger charge is 2.15. The minimum Gasteiger partial charge on any atom is -0.459 e. The van der Waals surface area contributed by atoms with Crippen LogP contribution in [0.15, 0.2) is 34.1 Å². The first kappa shape index (κ1) is 14.3. The van der Waals surface area contributed by atoms with Crippen molar-refractivity contribution in [2.75, 3.05) is 6.54 Å². The molecule has 3 aromatic rings. The van der Waals surface area contributed by atoms with Gasteiger partial charge in [-0.25, -0.2) is 4.98 Å². The average molecular weight is 300 g/mol. The lowest BCUT2D eigenvalue weighted by Gasteiger charge is -2.11. The van der Waals surface area contributed by atoms with Crippen molar-refractivity contribution in [2.45, 2.75) is 33.2 Å². The van der Waals surface area contributed by atoms with Crippen molar-refractivity contribution in [2.24, 2.45) is 0 Å². The number of benzene rings is 1. The predicted molar refractivity (Wildman–Crippen MR) is 87.9 cm³/mol. The summed E-state index contributed by atoms with van der Waals surface area (Å²) in [6.07, 6.45) is 0.952. The number of thiazole rings is 1. The van der Waals surface area contributed by atoms with Crippen molar-refractivity contribution in [1.29, 1.82) is 0 Å². The van der Waals surface area contributed by atoms with Gasteiger partial charge in [0.25, 0.3) is 0 Å². The molecule has 21 heavy (non-hydrogen) atoms. The van der Waals surface area contributed by atoms with Gasteiger partial charge in [0.2, 0.25) is 0 Å². The van der Waals surface area contributed by atoms with Crippen LogP contribution in [0.25, 0.3) is 11.0 Å². The summed E-state index contributed by atoms with van der Waals surface area (Å²) in [6.45, 7) is 7.23. The summed E-state index contributed by atoms with van der Waals surface area (Å²) < 4.78 is 5.99. The molecule has 0 aliphatic rings. The topological polar surface area (TPSA) is 38.1 Å². The number of hydrogen-bond donors (Lipinski definition) is 1. The summed E-state index contributed by atoms with van der Waals surface area (Å²) in [5.41, 5.74) is 3.36. The number of hydrogen-bond acceptors (Lipinski definition) is 4. The molecule has 0 saturated carbocycles. The predicted octanol–water partition coefficient (Wildman–Crippen LogP) is 4.40. The van der Waals surface area contributed by atoms with Crippen molar-refractivity contribution in [3.05, 3.63) is 51.7 Å². The molecule has 0 fully saturated rings. The molecule has 2 aromatic heterocycles. The first-order chi connectivity index (χ1) is 10.1. The smallest absolute Gasteiger partial charge is 0.134 e. The van der Waals surface area contributed by atoms with Gasteiger partial charge in [0.05, 0.1) is 16.7 Å². The van der Waals surface area contributed by atoms with E-state index < -0.39 is 0 Å². The number of rotatable bonds is 5. The van der Waals surface area contributed by atoms with Gasteiger partial charge in [-0.2, -0.15) is 0 Å². The lowest BCUT2D eigenvalue weighted by atomic mass is 10.1. The Labute approximate surface area is 129 Å². The van der Waals surface area contributed by atoms with Crippen LogP contribution in [0.1, 0.15) is 35.0 Å². The van der Waals surface area contributed by atoms with Crippen LogP contribution in [0, 0.1) is 13.8 Å². The van der Waals surface area contributed by atoms with Crippen molar-refractivity contribution in [1.82, 2.24) is 10.3 Å². The number of aryl methyl sites for hydroxylation is 2. The summed E-state index contributed by atoms with van der Waals surface area (Å²) in [5.74, 6) is 1.03. The zero-order valence-corrected chi connectivity index (χ0v) is 13.5. The molecule has 4 heteroatoms. The minimum absolute atomic E-state index is 0.206. The molecule has 3 rings (SSSR count). The molecule has 1 aromatic carbocycles. The number of nitrogens with one attached hydrogen (secondary N) is 1. The molecule has 1 N–H and O–H groups in total. The zero-order chi connectivity index (χ0) is 14.8. The fraction of sp³-hybridized carbons (Fsp3) is 0.353. The van der Waals surface area contributed by atoms with E-state index in [-0.39, 0.29) is 6.04 Å². The summed E-state index contributed by atoms with van der Waals surface area (Å²) in [5, 5.41) is 8.00. The van der Waals surface area contributed by atoms with E-state index in [0.717, 1.165) is 29.3 Å². The third-order valence-electron chi connectivity index (χ3n) is 3.77. The van der Waals surface area contributed by atoms with E-state index in [1.807, 2.05) is 19.1 Å². The van der Waals surface area contributed by atoms with Crippen LogP contribution in [0.4, 0.5) is 0 Å². The molecule has 1 atom stereocenters. The third-order valence-corrected chi connectivity index (χ3v) is 4.59. The van der Waals surface area contributed by atoms with Crippen LogP contribution in [0.3, 0.4) is 0 Å². The van der Waals surface area contributed by atoms with E-state index in [4.69, 9.17) is 4.42 Å². The number of aromatic nitrogens is 1. The normalized spacial score (nSPS) is 12.9. The molecule has 0 spiro atoms. The van der Waals surface area contributed by atoms with E-state index in [2.05, 4.69) is 41.7 Å². The Morgan fingerprint density at radius 1 is 1.29 bits per heavy atom. The molecule has 110 valence electrons. The molecule has 3 nitrogen and oxygen atoms in total. The van der Waals surface area contributed by atoms with Crippen molar-refractivity contribution in [3.63, 3.8) is 0 Å². The van der Waals surface area contributed by atoms with Crippen LogP contribution in [0.2, 0.25) is 0 Å². The Kier molecular flexibility index (Phi) is 4.08. The fourth-order valence-electron chi connectivity index (χ4n) is 2.64. The Morgan fingerprint density at radius 3 is 2.81 bits per heavy atom. The van der Waals surface area contributed by atoms with Gasteiger partial charge < -0.3 is 9.73 Å². The van der Waals surface area contributed by atoms with E-state index in [0.29, 0.717) is 0 Å². The Bertz CT molecular complexity index is 744. The standard InChI is InChI=1S/C17H20N2OS/c1-11-15-6-4-5-7-16(15)20-17(11)12(2)18-9-8-14-10-21-13(3)19-14/h4-7,10,12,18H,8-9H2,1-3H3. The zero-order valence-electron chi connectivity index (χ0n) is 12.6. The van der Waals surface area contributed by atoms with Crippen molar-refractivity contribution in [3.8, 4) is 0 Å². The fourth-order valence-corrected chi connectivity index (χ4v) is 3.29. The molecule has 0 bridgehead atoms. The largest absolute Gasteiger partial charge is 0.459 e. The quantitative estimate of drug-likeness (QED) is 0.759. The summed E-state index contributed by atoms with van der Waals surface area (Å²) in [6, 6.07) is 8.41. The summed E-state index contributed by atoms with van der Waals surface area (Å²) >= 11 is 1.71. The molecule has 0 amide bonds. The van der Waals surface area contributed by atoms with Gasteiger partial charge in [-0.15, -0.1) is 11.3 Å². The monoisotopic (exact) mass is 300 g/mol. The maximum atomic E-state index is 5.99. The molecule has 1 unspecified atom stereocenters. The second-order valence-corrected chi connectivity index (χ2v) is 6.43. The molecular weight excluding hydrogens is 280 g/mol. The molecule has 2 heterocycles. The van der Waals surface area contributed by atoms with E-state index in [1.54, 1.807) is 11.3 Å². The van der Waals surface area contributed by atoms with Crippen LogP contribution < -0.4 is 5.32 Å². The van der Waals surface area contributed by atoms with E-state index in [9.17, 15) is 0 Å². The van der Waals surface area contributed by atoms with Gasteiger partial charge in [-0.1, -0.05) is 18.2 Å². The lowest BCUT2D eigenvalue weighted by Crippen LogP contribution is -2.21. The van der Waals surface area contributed by atoms with E-state index in [1.165, 1.54) is 16.6 Å². The Hall–Kier alpha value is -1.65. The van der Waals surface area contributed by atoms with Crippen molar-refractivity contribution < 1.29 is 4.42 Å². The van der Waals surface area contributed by atoms with E-state index >= 15 is 0 Å². The van der Waals surface area contributed by atoms with Crippen LogP contribution >= 0.6 is 11.3 Å². The van der Waals surface area contributed by atoms with Crippen LogP contribution in [-0.2, 0) is 6.42 Å². The second-order valence-electron chi connectivity index (χ2n) is 5.37. The average Bonchev–Trinajstić information content (AvgIpc) is 3.03. The SMILES string of the molecule is Cc1nc(CCNC(C)c2oc3ccccc3c2C)cs1. The summed E-state index contributed by atoms with van der Waals surface area (Å²) in [4.78, 5) is 4.49. The van der Waals surface area contributed by atoms with Gasteiger partial charge in [0, 0.05) is 23.7 Å². The van der Waals surface area contributed by atoms with Crippen LogP contribution in [0.5, 0.6) is 0 Å². The van der Waals surface area contributed by atoms with Gasteiger partial charge in [-0.05, 0) is 32.4 Å². The maximum Gasteiger partial charge on any atom is 0.134 e. The molecule has 0 radical (unpaired) electrons. The first-order valence-corrected chi connectivity index (χ1v) is 8.15. The highest BCUT2D eigenvalue weighted by atomic mass is 32.1. The number of nitrogens with zero attached hydrogens (tertiary/aromatic N) is 1. The van der Waals surface area contributed by atoms with Gasteiger partial charge in [-0.3, -0.25) is 0 Å². The number of para-hydroxylation sites is 1. The molecule has 0 saturated heterocycles. The first-order valence-electron chi connectivity index (χ1n) is 7.27. The van der Waals surface area contributed by atoms with Crippen LogP contribution in [-0.4, -0.2) is 11.5 Å². The highest BCUT2D eigenvalue weighted by Crippen LogP contribution is 2.29. The maximum absolute atomic E-state index is 5.99. The van der Waals surface area contributed by atoms with Gasteiger partial charge in [0.1, 0.15) is 11.3 Å². The molecule has 0 aliphatic heterocycles. The van der Waals surface area contributed by atoms with Crippen molar-refractivity contribution >= 4 is 22.3 Å². The minimum atomic E-state index is 0.206. The molecule has 0 aliphatic carbocycles. The lowest BCUT2D eigenvalue weighted by molar-refractivity contribution is 0.450.